The third-order valence-corrected chi connectivity index (χ3v) is 2.61. The van der Waals surface area contributed by atoms with Gasteiger partial charge in [0.1, 0.15) is 0 Å². The molecular formula is C14H16F3NO3. The van der Waals surface area contributed by atoms with Crippen molar-refractivity contribution in [1.82, 2.24) is 0 Å². The molecule has 0 aromatic heterocycles. The number of rotatable bonds is 4. The first-order chi connectivity index (χ1) is 9.61. The van der Waals surface area contributed by atoms with Gasteiger partial charge in [0.15, 0.2) is 6.10 Å². The molecular weight excluding hydrogens is 287 g/mol. The number of ether oxygens (including phenoxy) is 1. The van der Waals surface area contributed by atoms with Gasteiger partial charge in [-0.25, -0.2) is 0 Å². The van der Waals surface area contributed by atoms with E-state index in [1.807, 2.05) is 0 Å². The molecule has 0 bridgehead atoms. The molecule has 1 N–H and O–H groups in total. The summed E-state index contributed by atoms with van der Waals surface area (Å²) in [5.41, 5.74) is -0.611. The van der Waals surface area contributed by atoms with Crippen molar-refractivity contribution in [3.63, 3.8) is 0 Å². The highest BCUT2D eigenvalue weighted by molar-refractivity contribution is 5.95. The Hall–Kier alpha value is -2.05. The van der Waals surface area contributed by atoms with Gasteiger partial charge in [0.2, 0.25) is 0 Å². The lowest BCUT2D eigenvalue weighted by Gasteiger charge is -2.15. The van der Waals surface area contributed by atoms with Gasteiger partial charge in [-0.1, -0.05) is 13.8 Å². The number of carbonyl (C=O) groups excluding carboxylic acids is 2. The number of benzene rings is 1. The average molecular weight is 303 g/mol. The summed E-state index contributed by atoms with van der Waals surface area (Å²) in [5.74, 6) is -1.50. The minimum atomic E-state index is -4.43. The summed E-state index contributed by atoms with van der Waals surface area (Å²) in [7, 11) is 0. The number of esters is 1. The van der Waals surface area contributed by atoms with E-state index in [0.29, 0.717) is 0 Å². The van der Waals surface area contributed by atoms with E-state index in [0.717, 1.165) is 24.3 Å². The van der Waals surface area contributed by atoms with E-state index in [1.165, 1.54) is 6.92 Å². The van der Waals surface area contributed by atoms with Crippen LogP contribution in [0.25, 0.3) is 0 Å². The van der Waals surface area contributed by atoms with Crippen LogP contribution in [0.15, 0.2) is 24.3 Å². The fourth-order valence-corrected chi connectivity index (χ4v) is 1.35. The lowest BCUT2D eigenvalue weighted by molar-refractivity contribution is -0.156. The molecule has 0 heterocycles. The third kappa shape index (κ3) is 5.09. The number of hydrogen-bond donors (Lipinski definition) is 1. The largest absolute Gasteiger partial charge is 0.452 e. The quantitative estimate of drug-likeness (QED) is 0.869. The molecule has 0 fully saturated rings. The summed E-state index contributed by atoms with van der Waals surface area (Å²) in [5, 5.41) is 2.38. The summed E-state index contributed by atoms with van der Waals surface area (Å²) < 4.78 is 42.0. The molecule has 4 nitrogen and oxygen atoms in total. The van der Waals surface area contributed by atoms with Crippen LogP contribution in [-0.4, -0.2) is 18.0 Å². The molecule has 0 saturated heterocycles. The Morgan fingerprint density at radius 1 is 1.10 bits per heavy atom. The summed E-state index contributed by atoms with van der Waals surface area (Å²) in [4.78, 5) is 23.1. The number of alkyl halides is 3. The van der Waals surface area contributed by atoms with E-state index in [4.69, 9.17) is 4.74 Å². The first-order valence-electron chi connectivity index (χ1n) is 6.30. The van der Waals surface area contributed by atoms with E-state index in [1.54, 1.807) is 13.8 Å². The van der Waals surface area contributed by atoms with Gasteiger partial charge in [0, 0.05) is 5.69 Å². The van der Waals surface area contributed by atoms with E-state index in [2.05, 4.69) is 5.32 Å². The van der Waals surface area contributed by atoms with E-state index in [-0.39, 0.29) is 11.6 Å². The van der Waals surface area contributed by atoms with E-state index in [9.17, 15) is 22.8 Å². The van der Waals surface area contributed by atoms with Crippen LogP contribution in [0.2, 0.25) is 0 Å². The smallest absolute Gasteiger partial charge is 0.416 e. The Balaban J connectivity index is 2.64. The Morgan fingerprint density at radius 3 is 2.05 bits per heavy atom. The van der Waals surface area contributed by atoms with E-state index >= 15 is 0 Å². The van der Waals surface area contributed by atoms with Crippen LogP contribution in [-0.2, 0) is 20.5 Å². The summed E-state index contributed by atoms with van der Waals surface area (Å²) in [6.45, 7) is 4.64. The lowest BCUT2D eigenvalue weighted by Crippen LogP contribution is -2.31. The number of hydrogen-bond acceptors (Lipinski definition) is 3. The summed E-state index contributed by atoms with van der Waals surface area (Å²) >= 11 is 0. The normalized spacial score (nSPS) is 12.9. The van der Waals surface area contributed by atoms with Crippen molar-refractivity contribution in [1.29, 1.82) is 0 Å². The topological polar surface area (TPSA) is 55.4 Å². The van der Waals surface area contributed by atoms with Crippen molar-refractivity contribution in [2.24, 2.45) is 5.92 Å². The maximum Gasteiger partial charge on any atom is 0.416 e. The van der Waals surface area contributed by atoms with Crippen LogP contribution in [0.4, 0.5) is 18.9 Å². The predicted octanol–water partition coefficient (Wildman–Crippen LogP) is 3.23. The van der Waals surface area contributed by atoms with Gasteiger partial charge in [-0.05, 0) is 31.2 Å². The monoisotopic (exact) mass is 303 g/mol. The standard InChI is InChI=1S/C14H16F3NO3/c1-8(2)13(20)21-9(3)12(19)18-11-6-4-10(5-7-11)14(15,16)17/h4-9H,1-3H3,(H,18,19)/t9-/m1/s1. The minimum Gasteiger partial charge on any atom is -0.452 e. The Bertz CT molecular complexity index is 509. The average Bonchev–Trinajstić information content (AvgIpc) is 2.37. The fourth-order valence-electron chi connectivity index (χ4n) is 1.35. The predicted molar refractivity (Wildman–Crippen MR) is 70.5 cm³/mol. The third-order valence-electron chi connectivity index (χ3n) is 2.61. The highest BCUT2D eigenvalue weighted by Gasteiger charge is 2.30. The Labute approximate surface area is 120 Å². The molecule has 0 radical (unpaired) electrons. The first-order valence-corrected chi connectivity index (χ1v) is 6.30. The van der Waals surface area contributed by atoms with Crippen LogP contribution in [0, 0.1) is 5.92 Å². The van der Waals surface area contributed by atoms with Crippen LogP contribution in [0.3, 0.4) is 0 Å². The highest BCUT2D eigenvalue weighted by Crippen LogP contribution is 2.29. The fraction of sp³-hybridized carbons (Fsp3) is 0.429. The number of nitrogens with one attached hydrogen (secondary N) is 1. The molecule has 0 unspecified atom stereocenters. The molecule has 0 aliphatic rings. The zero-order chi connectivity index (χ0) is 16.2. The maximum absolute atomic E-state index is 12.4. The molecule has 0 saturated carbocycles. The SMILES string of the molecule is CC(C)C(=O)O[C@H](C)C(=O)Nc1ccc(C(F)(F)F)cc1. The van der Waals surface area contributed by atoms with Crippen LogP contribution >= 0.6 is 0 Å². The molecule has 1 aromatic carbocycles. The lowest BCUT2D eigenvalue weighted by atomic mass is 10.2. The second-order valence-electron chi connectivity index (χ2n) is 4.80. The summed E-state index contributed by atoms with van der Waals surface area (Å²) in [6, 6.07) is 4.00. The van der Waals surface area contributed by atoms with Gasteiger partial charge in [-0.15, -0.1) is 0 Å². The summed E-state index contributed by atoms with van der Waals surface area (Å²) in [6.07, 6.45) is -5.45. The van der Waals surface area contributed by atoms with Crippen molar-refractivity contribution in [2.75, 3.05) is 5.32 Å². The second kappa shape index (κ2) is 6.60. The molecule has 0 aliphatic carbocycles. The zero-order valence-electron chi connectivity index (χ0n) is 11.8. The van der Waals surface area contributed by atoms with Gasteiger partial charge in [-0.2, -0.15) is 13.2 Å². The van der Waals surface area contributed by atoms with Crippen molar-refractivity contribution < 1.29 is 27.5 Å². The number of halogens is 3. The molecule has 21 heavy (non-hydrogen) atoms. The van der Waals surface area contributed by atoms with Crippen molar-refractivity contribution in [2.45, 2.75) is 33.1 Å². The van der Waals surface area contributed by atoms with Gasteiger partial charge >= 0.3 is 12.1 Å². The van der Waals surface area contributed by atoms with Crippen LogP contribution in [0.5, 0.6) is 0 Å². The van der Waals surface area contributed by atoms with Crippen molar-refractivity contribution >= 4 is 17.6 Å². The van der Waals surface area contributed by atoms with E-state index < -0.39 is 29.7 Å². The second-order valence-corrected chi connectivity index (χ2v) is 4.80. The molecule has 0 aliphatic heterocycles. The van der Waals surface area contributed by atoms with Gasteiger partial charge in [0.05, 0.1) is 11.5 Å². The molecule has 1 amide bonds. The molecule has 7 heteroatoms. The van der Waals surface area contributed by atoms with Crippen molar-refractivity contribution in [3.8, 4) is 0 Å². The molecule has 116 valence electrons. The zero-order valence-corrected chi connectivity index (χ0v) is 11.8. The molecule has 1 aromatic rings. The van der Waals surface area contributed by atoms with Gasteiger partial charge in [-0.3, -0.25) is 9.59 Å². The maximum atomic E-state index is 12.4. The van der Waals surface area contributed by atoms with Gasteiger partial charge in [0.25, 0.3) is 5.91 Å². The Morgan fingerprint density at radius 2 is 1.62 bits per heavy atom. The van der Waals surface area contributed by atoms with Crippen LogP contribution < -0.4 is 5.32 Å². The minimum absolute atomic E-state index is 0.195. The number of anilines is 1. The molecule has 0 spiro atoms. The van der Waals surface area contributed by atoms with Gasteiger partial charge < -0.3 is 10.1 Å². The highest BCUT2D eigenvalue weighted by atomic mass is 19.4. The molecule has 1 rings (SSSR count). The number of amides is 1. The Kier molecular flexibility index (Phi) is 5.34. The first kappa shape index (κ1) is 17.0. The van der Waals surface area contributed by atoms with Crippen LogP contribution in [0.1, 0.15) is 26.3 Å². The number of carbonyl (C=O) groups is 2. The van der Waals surface area contributed by atoms with Crippen molar-refractivity contribution in [3.05, 3.63) is 29.8 Å². The molecule has 1 atom stereocenters.